The smallest absolute Gasteiger partial charge is 0.260 e. The average Bonchev–Trinajstić information content (AvgIpc) is 2.60. The molecule has 1 aliphatic rings. The highest BCUT2D eigenvalue weighted by molar-refractivity contribution is 6.03. The van der Waals surface area contributed by atoms with E-state index in [0.29, 0.717) is 12.1 Å². The minimum atomic E-state index is -1.06. The van der Waals surface area contributed by atoms with Crippen LogP contribution in [0.4, 0.5) is 11.4 Å². The quantitative estimate of drug-likeness (QED) is 0.871. The maximum absolute atomic E-state index is 11.8. The molecule has 1 unspecified atom stereocenters. The van der Waals surface area contributed by atoms with Gasteiger partial charge in [-0.1, -0.05) is 6.07 Å². The lowest BCUT2D eigenvalue weighted by Gasteiger charge is -2.30. The van der Waals surface area contributed by atoms with Crippen molar-refractivity contribution in [1.82, 2.24) is 0 Å². The molecule has 0 bridgehead atoms. The van der Waals surface area contributed by atoms with Crippen LogP contribution in [0.25, 0.3) is 0 Å². The molecule has 5 nitrogen and oxygen atoms in total. The standard InChI is InChI=1S/C15H22N2O3/c1-5-17(9-15(2,3)20)10-6-7-11-12(8-10)16(4)14(19)13(11)18/h6-8,13,18,20H,5,9H2,1-4H3. The third-order valence-corrected chi connectivity index (χ3v) is 3.56. The molecule has 0 radical (unpaired) electrons. The van der Waals surface area contributed by atoms with Crippen LogP contribution in [0, 0.1) is 0 Å². The summed E-state index contributed by atoms with van der Waals surface area (Å²) in [5.41, 5.74) is 1.51. The van der Waals surface area contributed by atoms with Crippen molar-refractivity contribution in [2.45, 2.75) is 32.5 Å². The molecular weight excluding hydrogens is 256 g/mol. The summed E-state index contributed by atoms with van der Waals surface area (Å²) in [6, 6.07) is 5.55. The Hall–Kier alpha value is -1.59. The molecule has 1 atom stereocenters. The number of carbonyl (C=O) groups is 1. The lowest BCUT2D eigenvalue weighted by molar-refractivity contribution is -0.125. The molecule has 1 aromatic rings. The minimum Gasteiger partial charge on any atom is -0.389 e. The zero-order valence-corrected chi connectivity index (χ0v) is 12.4. The first-order chi connectivity index (χ1) is 9.24. The fourth-order valence-corrected chi connectivity index (χ4v) is 2.54. The second-order valence-electron chi connectivity index (χ2n) is 5.87. The summed E-state index contributed by atoms with van der Waals surface area (Å²) < 4.78 is 0. The summed E-state index contributed by atoms with van der Waals surface area (Å²) >= 11 is 0. The monoisotopic (exact) mass is 278 g/mol. The Morgan fingerprint density at radius 2 is 2.05 bits per heavy atom. The third-order valence-electron chi connectivity index (χ3n) is 3.56. The zero-order chi connectivity index (χ0) is 15.1. The predicted octanol–water partition coefficient (Wildman–Crippen LogP) is 1.29. The summed E-state index contributed by atoms with van der Waals surface area (Å²) in [7, 11) is 1.66. The Labute approximate surface area is 119 Å². The number of benzene rings is 1. The van der Waals surface area contributed by atoms with E-state index in [9.17, 15) is 15.0 Å². The minimum absolute atomic E-state index is 0.303. The summed E-state index contributed by atoms with van der Waals surface area (Å²) in [6.07, 6.45) is -1.06. The Bertz CT molecular complexity index is 522. The van der Waals surface area contributed by atoms with E-state index >= 15 is 0 Å². The van der Waals surface area contributed by atoms with Gasteiger partial charge in [0.15, 0.2) is 6.10 Å². The van der Waals surface area contributed by atoms with Gasteiger partial charge in [-0.15, -0.1) is 0 Å². The summed E-state index contributed by atoms with van der Waals surface area (Å²) in [5, 5.41) is 19.8. The second kappa shape index (κ2) is 5.07. The Morgan fingerprint density at radius 3 is 2.60 bits per heavy atom. The van der Waals surface area contributed by atoms with Gasteiger partial charge in [-0.2, -0.15) is 0 Å². The fraction of sp³-hybridized carbons (Fsp3) is 0.533. The van der Waals surface area contributed by atoms with Gasteiger partial charge in [0, 0.05) is 31.4 Å². The number of likely N-dealkylation sites (N-methyl/N-ethyl adjacent to an activating group) is 2. The van der Waals surface area contributed by atoms with Crippen molar-refractivity contribution in [2.75, 3.05) is 29.9 Å². The van der Waals surface area contributed by atoms with E-state index in [4.69, 9.17) is 0 Å². The molecule has 1 aromatic carbocycles. The number of nitrogens with zero attached hydrogens (tertiary/aromatic N) is 2. The molecular formula is C15H22N2O3. The second-order valence-corrected chi connectivity index (χ2v) is 5.87. The van der Waals surface area contributed by atoms with Crippen LogP contribution >= 0.6 is 0 Å². The first-order valence-electron chi connectivity index (χ1n) is 6.81. The largest absolute Gasteiger partial charge is 0.389 e. The molecule has 0 saturated carbocycles. The molecule has 20 heavy (non-hydrogen) atoms. The lowest BCUT2D eigenvalue weighted by Crippen LogP contribution is -2.38. The van der Waals surface area contributed by atoms with Gasteiger partial charge in [0.2, 0.25) is 0 Å². The highest BCUT2D eigenvalue weighted by atomic mass is 16.3. The van der Waals surface area contributed by atoms with Crippen molar-refractivity contribution in [1.29, 1.82) is 0 Å². The molecule has 5 heteroatoms. The molecule has 0 fully saturated rings. The van der Waals surface area contributed by atoms with Crippen LogP contribution in [0.3, 0.4) is 0 Å². The van der Waals surface area contributed by atoms with Crippen LogP contribution in [0.1, 0.15) is 32.4 Å². The Balaban J connectivity index is 2.34. The molecule has 0 spiro atoms. The number of hydrogen-bond donors (Lipinski definition) is 2. The fourth-order valence-electron chi connectivity index (χ4n) is 2.54. The van der Waals surface area contributed by atoms with E-state index in [2.05, 4.69) is 0 Å². The molecule has 1 amide bonds. The average molecular weight is 278 g/mol. The number of rotatable bonds is 4. The van der Waals surface area contributed by atoms with Gasteiger partial charge < -0.3 is 20.0 Å². The SMILES string of the molecule is CCN(CC(C)(C)O)c1ccc2c(c1)N(C)C(=O)C2O. The van der Waals surface area contributed by atoms with Crippen molar-refractivity contribution in [3.63, 3.8) is 0 Å². The van der Waals surface area contributed by atoms with E-state index in [1.165, 1.54) is 4.90 Å². The van der Waals surface area contributed by atoms with Crippen LogP contribution in [0.5, 0.6) is 0 Å². The van der Waals surface area contributed by atoms with Gasteiger partial charge in [-0.3, -0.25) is 4.79 Å². The van der Waals surface area contributed by atoms with Crippen LogP contribution in [-0.4, -0.2) is 41.9 Å². The van der Waals surface area contributed by atoms with Gasteiger partial charge in [0.1, 0.15) is 0 Å². The van der Waals surface area contributed by atoms with E-state index in [1.54, 1.807) is 27.0 Å². The maximum Gasteiger partial charge on any atom is 0.260 e. The highest BCUT2D eigenvalue weighted by Crippen LogP contribution is 2.37. The van der Waals surface area contributed by atoms with Crippen LogP contribution in [-0.2, 0) is 4.79 Å². The van der Waals surface area contributed by atoms with Crippen LogP contribution < -0.4 is 9.80 Å². The van der Waals surface area contributed by atoms with E-state index in [-0.39, 0.29) is 5.91 Å². The molecule has 110 valence electrons. The molecule has 1 aliphatic heterocycles. The first kappa shape index (κ1) is 14.8. The van der Waals surface area contributed by atoms with Crippen molar-refractivity contribution >= 4 is 17.3 Å². The lowest BCUT2D eigenvalue weighted by atomic mass is 10.1. The number of hydrogen-bond acceptors (Lipinski definition) is 4. The molecule has 2 rings (SSSR count). The van der Waals surface area contributed by atoms with Crippen molar-refractivity contribution in [3.05, 3.63) is 23.8 Å². The van der Waals surface area contributed by atoms with E-state index < -0.39 is 11.7 Å². The van der Waals surface area contributed by atoms with Crippen LogP contribution in [0.2, 0.25) is 0 Å². The molecule has 1 heterocycles. The normalized spacial score (nSPS) is 18.4. The first-order valence-corrected chi connectivity index (χ1v) is 6.81. The maximum atomic E-state index is 11.8. The molecule has 2 N–H and O–H groups in total. The van der Waals surface area contributed by atoms with Crippen LogP contribution in [0.15, 0.2) is 18.2 Å². The molecule has 0 aromatic heterocycles. The Morgan fingerprint density at radius 1 is 1.40 bits per heavy atom. The number of fused-ring (bicyclic) bond motifs is 1. The van der Waals surface area contributed by atoms with Gasteiger partial charge in [0.25, 0.3) is 5.91 Å². The highest BCUT2D eigenvalue weighted by Gasteiger charge is 2.34. The summed E-state index contributed by atoms with van der Waals surface area (Å²) in [5.74, 6) is -0.303. The number of aliphatic hydroxyl groups is 2. The van der Waals surface area contributed by atoms with E-state index in [1.807, 2.05) is 24.0 Å². The third kappa shape index (κ3) is 2.64. The van der Waals surface area contributed by atoms with Gasteiger partial charge in [-0.05, 0) is 32.9 Å². The summed E-state index contributed by atoms with van der Waals surface area (Å²) in [6.45, 7) is 6.80. The molecule has 0 saturated heterocycles. The zero-order valence-electron chi connectivity index (χ0n) is 12.4. The van der Waals surface area contributed by atoms with Crippen molar-refractivity contribution in [2.24, 2.45) is 0 Å². The number of carbonyl (C=O) groups excluding carboxylic acids is 1. The predicted molar refractivity (Wildman–Crippen MR) is 79.0 cm³/mol. The van der Waals surface area contributed by atoms with Gasteiger partial charge in [-0.25, -0.2) is 0 Å². The van der Waals surface area contributed by atoms with Gasteiger partial charge in [0.05, 0.1) is 11.3 Å². The summed E-state index contributed by atoms with van der Waals surface area (Å²) in [4.78, 5) is 15.3. The molecule has 0 aliphatic carbocycles. The van der Waals surface area contributed by atoms with Crippen molar-refractivity contribution < 1.29 is 15.0 Å². The van der Waals surface area contributed by atoms with Gasteiger partial charge >= 0.3 is 0 Å². The van der Waals surface area contributed by atoms with Crippen molar-refractivity contribution in [3.8, 4) is 0 Å². The number of anilines is 2. The topological polar surface area (TPSA) is 64.0 Å². The number of aliphatic hydroxyl groups excluding tert-OH is 1. The van der Waals surface area contributed by atoms with E-state index in [0.717, 1.165) is 17.9 Å². The Kier molecular flexibility index (Phi) is 3.75. The number of amides is 1.